The fraction of sp³-hybridized carbons (Fsp3) is 0.133. The minimum atomic E-state index is -0.374. The van der Waals surface area contributed by atoms with Crippen molar-refractivity contribution >= 4 is 79.0 Å². The second kappa shape index (κ2) is 22.6. The molecule has 0 aliphatic carbocycles. The molecular formula is C90H76BN3. The third kappa shape index (κ3) is 9.98. The van der Waals surface area contributed by atoms with Crippen molar-refractivity contribution in [2.24, 2.45) is 0 Å². The lowest BCUT2D eigenvalue weighted by molar-refractivity contribution is 0.590. The van der Waals surface area contributed by atoms with Crippen LogP contribution in [0.4, 0.5) is 34.1 Å². The van der Waals surface area contributed by atoms with Crippen molar-refractivity contribution in [1.29, 1.82) is 0 Å². The van der Waals surface area contributed by atoms with Crippen molar-refractivity contribution in [3.8, 4) is 72.4 Å². The summed E-state index contributed by atoms with van der Waals surface area (Å²) in [6.07, 6.45) is 0. The molecule has 0 saturated heterocycles. The lowest BCUT2D eigenvalue weighted by atomic mass is 9.33. The number of rotatable bonds is 9. The van der Waals surface area contributed by atoms with Gasteiger partial charge in [0.2, 0.25) is 0 Å². The summed E-state index contributed by atoms with van der Waals surface area (Å²) < 4.78 is 40.9. The zero-order valence-electron chi connectivity index (χ0n) is 58.9. The van der Waals surface area contributed by atoms with Gasteiger partial charge in [0.1, 0.15) is 0 Å². The molecule has 94 heavy (non-hydrogen) atoms. The van der Waals surface area contributed by atoms with Crippen LogP contribution in [-0.2, 0) is 16.2 Å². The summed E-state index contributed by atoms with van der Waals surface area (Å²) in [5.74, 6) is 0. The molecule has 454 valence electrons. The number of aromatic nitrogens is 1. The zero-order valence-corrected chi connectivity index (χ0v) is 54.9. The largest absolute Gasteiger partial charge is 0.310 e. The van der Waals surface area contributed by atoms with Crippen LogP contribution in [0.3, 0.4) is 0 Å². The standard InChI is InChI=1S/C90H76BN3/c1-88(2,3)67-38-24-36-63(52-67)65-46-49-81-77(54-65)91-78-55-66(64-37-25-39-68(53-64)89(4,5)6)47-50-82(78)94(87-73(61-32-18-12-19-33-61)43-27-44-74(87)62-34-20-13-21-35-62)84-58-70(92-79-45-23-22-40-75(79)76-56-69(90(7,8)9)48-51-80(76)92)57-83(85(84)91)93(81)86-71(59-28-14-10-15-29-59)41-26-42-72(86)60-30-16-11-17-31-60/h10-58H,1-9H3/i22D,23D,40D,45D. The highest BCUT2D eigenvalue weighted by Gasteiger charge is 2.46. The first-order valence-electron chi connectivity index (χ1n) is 35.0. The first-order chi connectivity index (χ1) is 47.2. The normalized spacial score (nSPS) is 13.5. The summed E-state index contributed by atoms with van der Waals surface area (Å²) in [6.45, 7) is 19.9. The van der Waals surface area contributed by atoms with Crippen LogP contribution in [0.5, 0.6) is 0 Å². The van der Waals surface area contributed by atoms with E-state index in [0.29, 0.717) is 10.9 Å². The molecule has 0 radical (unpaired) electrons. The quantitative estimate of drug-likeness (QED) is 0.133. The molecule has 13 aromatic carbocycles. The Morgan fingerprint density at radius 1 is 0.298 bits per heavy atom. The average molecular weight is 1210 g/mol. The monoisotopic (exact) mass is 1210 g/mol. The Labute approximate surface area is 560 Å². The van der Waals surface area contributed by atoms with Gasteiger partial charge < -0.3 is 14.4 Å². The van der Waals surface area contributed by atoms with Crippen molar-refractivity contribution in [2.45, 2.75) is 78.6 Å². The Morgan fingerprint density at radius 3 is 1.09 bits per heavy atom. The van der Waals surface area contributed by atoms with Crippen molar-refractivity contribution in [2.75, 3.05) is 9.80 Å². The first-order valence-corrected chi connectivity index (χ1v) is 33.0. The Morgan fingerprint density at radius 2 is 0.670 bits per heavy atom. The molecule has 0 N–H and O–H groups in total. The third-order valence-corrected chi connectivity index (χ3v) is 19.6. The van der Waals surface area contributed by atoms with Crippen LogP contribution in [0.1, 0.15) is 84.5 Å². The van der Waals surface area contributed by atoms with E-state index >= 15 is 0 Å². The predicted molar refractivity (Wildman–Crippen MR) is 404 cm³/mol. The van der Waals surface area contributed by atoms with Crippen LogP contribution in [-0.4, -0.2) is 11.3 Å². The van der Waals surface area contributed by atoms with Crippen molar-refractivity contribution in [1.82, 2.24) is 4.57 Å². The smallest absolute Gasteiger partial charge is 0.252 e. The maximum absolute atomic E-state index is 10.1. The van der Waals surface area contributed by atoms with E-state index in [-0.39, 0.29) is 47.1 Å². The molecule has 16 rings (SSSR count). The maximum Gasteiger partial charge on any atom is 0.252 e. The molecule has 14 aromatic rings. The summed E-state index contributed by atoms with van der Waals surface area (Å²) in [5.41, 5.74) is 27.4. The zero-order chi connectivity index (χ0) is 67.7. The number of benzene rings is 13. The number of anilines is 6. The number of hydrogen-bond acceptors (Lipinski definition) is 2. The lowest BCUT2D eigenvalue weighted by Gasteiger charge is -2.46. The van der Waals surface area contributed by atoms with E-state index in [4.69, 9.17) is 0 Å². The topological polar surface area (TPSA) is 11.4 Å². The predicted octanol–water partition coefficient (Wildman–Crippen LogP) is 22.8. The van der Waals surface area contributed by atoms with Gasteiger partial charge in [0.25, 0.3) is 6.71 Å². The van der Waals surface area contributed by atoms with Gasteiger partial charge in [-0.15, -0.1) is 0 Å². The highest BCUT2D eigenvalue weighted by Crippen LogP contribution is 2.54. The average Bonchev–Trinajstić information content (AvgIpc) is 0.943. The van der Waals surface area contributed by atoms with Gasteiger partial charge in [-0.25, -0.2) is 0 Å². The van der Waals surface area contributed by atoms with E-state index in [1.54, 1.807) is 0 Å². The van der Waals surface area contributed by atoms with Gasteiger partial charge in [0.15, 0.2) is 0 Å². The summed E-state index contributed by atoms with van der Waals surface area (Å²) in [6, 6.07) is 99.5. The SMILES string of the molecule is [2H]c1c([2H])c([2H])c2c(c1[2H])c1cc(C(C)(C)C)ccc1n2-c1cc2c3c(c1)N(c1c(-c4ccccc4)cccc1-c1ccccc1)c1ccc(-c4cccc(C(C)(C)C)c4)cc1B3c1cc(-c3cccc(C(C)(C)C)c3)ccc1N2c1c(-c2ccccc2)cccc1-c1ccccc1. The third-order valence-electron chi connectivity index (χ3n) is 19.6. The van der Waals surface area contributed by atoms with Crippen molar-refractivity contribution < 1.29 is 5.48 Å². The molecule has 3 heterocycles. The summed E-state index contributed by atoms with van der Waals surface area (Å²) >= 11 is 0. The van der Waals surface area contributed by atoms with E-state index in [1.807, 2.05) is 0 Å². The van der Waals surface area contributed by atoms with Gasteiger partial charge >= 0.3 is 0 Å². The van der Waals surface area contributed by atoms with Gasteiger partial charge in [-0.3, -0.25) is 0 Å². The molecule has 2 aliphatic rings. The van der Waals surface area contributed by atoms with Crippen LogP contribution in [0, 0.1) is 0 Å². The molecule has 2 aliphatic heterocycles. The molecule has 0 saturated carbocycles. The van der Waals surface area contributed by atoms with Crippen LogP contribution < -0.4 is 26.2 Å². The van der Waals surface area contributed by atoms with E-state index in [9.17, 15) is 5.48 Å². The van der Waals surface area contributed by atoms with Crippen molar-refractivity contribution in [3.63, 3.8) is 0 Å². The molecule has 3 nitrogen and oxygen atoms in total. The minimum Gasteiger partial charge on any atom is -0.310 e. The van der Waals surface area contributed by atoms with Crippen LogP contribution >= 0.6 is 0 Å². The molecule has 4 heteroatoms. The highest BCUT2D eigenvalue weighted by molar-refractivity contribution is 7.00. The fourth-order valence-corrected chi connectivity index (χ4v) is 14.7. The van der Waals surface area contributed by atoms with Crippen LogP contribution in [0.2, 0.25) is 0 Å². The minimum absolute atomic E-state index is 0.0671. The highest BCUT2D eigenvalue weighted by atomic mass is 15.2. The fourth-order valence-electron chi connectivity index (χ4n) is 14.7. The van der Waals surface area contributed by atoms with Gasteiger partial charge in [-0.1, -0.05) is 317 Å². The van der Waals surface area contributed by atoms with Crippen LogP contribution in [0.25, 0.3) is 94.3 Å². The van der Waals surface area contributed by atoms with Gasteiger partial charge in [0.05, 0.1) is 33.6 Å². The number of nitrogens with zero attached hydrogens (tertiary/aromatic N) is 3. The number of fused-ring (bicyclic) bond motifs is 7. The maximum atomic E-state index is 10.1. The van der Waals surface area contributed by atoms with Gasteiger partial charge in [-0.2, -0.15) is 0 Å². The molecule has 1 aromatic heterocycles. The molecule has 0 amide bonds. The van der Waals surface area contributed by atoms with E-state index in [2.05, 4.69) is 350 Å². The Balaban J connectivity index is 1.13. The van der Waals surface area contributed by atoms with Gasteiger partial charge in [0, 0.05) is 55.8 Å². The molecular weight excluding hydrogens is 1130 g/mol. The first kappa shape index (κ1) is 53.9. The molecule has 0 spiro atoms. The second-order valence-electron chi connectivity index (χ2n) is 28.6. The van der Waals surface area contributed by atoms with Crippen LogP contribution in [0.15, 0.2) is 297 Å². The van der Waals surface area contributed by atoms with Crippen molar-refractivity contribution in [3.05, 3.63) is 314 Å². The molecule has 0 atom stereocenters. The van der Waals surface area contributed by atoms with E-state index < -0.39 is 0 Å². The summed E-state index contributed by atoms with van der Waals surface area (Å²) in [7, 11) is 0. The Kier molecular flexibility index (Phi) is 12.9. The number of hydrogen-bond donors (Lipinski definition) is 0. The van der Waals surface area contributed by atoms with E-state index in [0.717, 1.165) is 139 Å². The Hall–Kier alpha value is -10.7. The molecule has 0 fully saturated rings. The Bertz CT molecular complexity index is 5130. The molecule has 0 bridgehead atoms. The summed E-state index contributed by atoms with van der Waals surface area (Å²) in [5, 5.41) is 1.25. The lowest BCUT2D eigenvalue weighted by Crippen LogP contribution is -2.61. The summed E-state index contributed by atoms with van der Waals surface area (Å²) in [4.78, 5) is 5.10. The van der Waals surface area contributed by atoms with E-state index in [1.165, 1.54) is 11.1 Å². The van der Waals surface area contributed by atoms with Gasteiger partial charge in [-0.05, 0) is 136 Å². The molecule has 0 unspecified atom stereocenters. The second-order valence-corrected chi connectivity index (χ2v) is 28.6. The number of para-hydroxylation sites is 3.